The number of hydrogen-bond acceptors (Lipinski definition) is 6. The zero-order valence-electron chi connectivity index (χ0n) is 42.6. The fraction of sp³-hybridized carbons (Fsp3) is 0.364. The van der Waals surface area contributed by atoms with Crippen LogP contribution in [0.5, 0.6) is 46.0 Å². The van der Waals surface area contributed by atoms with Crippen LogP contribution in [0.4, 0.5) is 0 Å². The highest BCUT2D eigenvalue weighted by molar-refractivity contribution is 6.09. The molecule has 0 aromatic heterocycles. The van der Waals surface area contributed by atoms with E-state index in [4.69, 9.17) is 28.4 Å². The Bertz CT molecular complexity index is 2890. The summed E-state index contributed by atoms with van der Waals surface area (Å²) in [4.78, 5) is 0. The highest BCUT2D eigenvalue weighted by Crippen LogP contribution is 2.64. The molecule has 0 N–H and O–H groups in total. The molecule has 9 aliphatic rings. The van der Waals surface area contributed by atoms with Gasteiger partial charge in [-0.1, -0.05) is 133 Å². The van der Waals surface area contributed by atoms with Crippen LogP contribution in [0.25, 0.3) is 28.0 Å². The normalized spacial score (nSPS) is 18.3. The van der Waals surface area contributed by atoms with Crippen molar-refractivity contribution in [1.29, 1.82) is 0 Å². The van der Waals surface area contributed by atoms with Crippen LogP contribution < -0.4 is 28.4 Å². The number of fused-ring (bicyclic) bond motifs is 12. The summed E-state index contributed by atoms with van der Waals surface area (Å²) in [5.41, 5.74) is 7.94. The zero-order chi connectivity index (χ0) is 49.0. The van der Waals surface area contributed by atoms with E-state index in [0.717, 1.165) is 101 Å². The Morgan fingerprint density at radius 2 is 0.986 bits per heavy atom. The van der Waals surface area contributed by atoms with Crippen molar-refractivity contribution in [2.45, 2.75) is 128 Å². The van der Waals surface area contributed by atoms with Crippen molar-refractivity contribution in [3.8, 4) is 57.1 Å². The van der Waals surface area contributed by atoms with Gasteiger partial charge in [-0.25, -0.2) is 0 Å². The molecule has 7 aliphatic heterocycles. The fourth-order valence-electron chi connectivity index (χ4n) is 12.5. The van der Waals surface area contributed by atoms with E-state index >= 15 is 0 Å². The number of benzene rings is 7. The van der Waals surface area contributed by atoms with E-state index in [9.17, 15) is 0 Å². The van der Waals surface area contributed by atoms with Gasteiger partial charge in [0.05, 0.1) is 20.3 Å². The molecule has 2 spiro atoms. The second kappa shape index (κ2) is 20.8. The van der Waals surface area contributed by atoms with Crippen molar-refractivity contribution in [1.82, 2.24) is 0 Å². The second-order valence-electron chi connectivity index (χ2n) is 20.8. The smallest absolute Gasteiger partial charge is 0.178 e. The van der Waals surface area contributed by atoms with Gasteiger partial charge in [0.2, 0.25) is 0 Å². The van der Waals surface area contributed by atoms with E-state index in [0.29, 0.717) is 5.41 Å². The molecule has 0 saturated heterocycles. The quantitative estimate of drug-likeness (QED) is 0.176. The Hall–Kier alpha value is -6.66. The van der Waals surface area contributed by atoms with Gasteiger partial charge >= 0.3 is 0 Å². The van der Waals surface area contributed by atoms with E-state index in [2.05, 4.69) is 117 Å². The zero-order valence-corrected chi connectivity index (χ0v) is 42.6. The molecule has 72 heavy (non-hydrogen) atoms. The molecule has 2 aliphatic carbocycles. The van der Waals surface area contributed by atoms with Crippen LogP contribution in [0.3, 0.4) is 0 Å². The lowest BCUT2D eigenvalue weighted by Crippen LogP contribution is -2.38. The molecule has 7 aromatic rings. The molecule has 370 valence electrons. The van der Waals surface area contributed by atoms with Gasteiger partial charge in [-0.05, 0) is 169 Å². The third kappa shape index (κ3) is 9.23. The summed E-state index contributed by atoms with van der Waals surface area (Å²) in [6.07, 6.45) is 24.0. The second-order valence-corrected chi connectivity index (χ2v) is 20.8. The van der Waals surface area contributed by atoms with Crippen molar-refractivity contribution in [2.75, 3.05) is 20.3 Å². The van der Waals surface area contributed by atoms with Crippen LogP contribution in [0, 0.1) is 5.41 Å². The third-order valence-electron chi connectivity index (χ3n) is 16.9. The number of hydrogen-bond donors (Lipinski definition) is 0. The van der Waals surface area contributed by atoms with Crippen LogP contribution in [-0.4, -0.2) is 20.3 Å². The van der Waals surface area contributed by atoms with Crippen molar-refractivity contribution in [2.24, 2.45) is 5.41 Å². The van der Waals surface area contributed by atoms with Crippen LogP contribution in [0.1, 0.15) is 144 Å². The highest BCUT2D eigenvalue weighted by atomic mass is 16.5. The first-order valence-electron chi connectivity index (χ1n) is 27.1. The van der Waals surface area contributed by atoms with Crippen molar-refractivity contribution >= 4 is 16.8 Å². The molecule has 8 bridgehead atoms. The van der Waals surface area contributed by atoms with Gasteiger partial charge in [-0.2, -0.15) is 0 Å². The van der Waals surface area contributed by atoms with Crippen LogP contribution >= 0.6 is 0 Å². The molecule has 6 heteroatoms. The minimum atomic E-state index is -1.01. The first-order valence-corrected chi connectivity index (χ1v) is 27.1. The summed E-state index contributed by atoms with van der Waals surface area (Å²) < 4.78 is 39.0. The average Bonchev–Trinajstić information content (AvgIpc) is 3.71. The molecule has 0 atom stereocenters. The van der Waals surface area contributed by atoms with Gasteiger partial charge in [0.1, 0.15) is 46.0 Å². The predicted octanol–water partition coefficient (Wildman–Crippen LogP) is 18.1. The molecule has 7 aromatic carbocycles. The molecule has 1 fully saturated rings. The summed E-state index contributed by atoms with van der Waals surface area (Å²) in [5, 5.41) is 2.23. The largest absolute Gasteiger partial charge is 0.497 e. The Balaban J connectivity index is 0.983. The lowest BCUT2D eigenvalue weighted by Gasteiger charge is -2.47. The Kier molecular flexibility index (Phi) is 13.8. The summed E-state index contributed by atoms with van der Waals surface area (Å²) in [7, 11) is 1.75. The van der Waals surface area contributed by atoms with Crippen LogP contribution in [0.15, 0.2) is 146 Å². The summed E-state index contributed by atoms with van der Waals surface area (Å²) in [5.74, 6) is 6.41. The van der Waals surface area contributed by atoms with Gasteiger partial charge < -0.3 is 28.4 Å². The summed E-state index contributed by atoms with van der Waals surface area (Å²) in [6.45, 7) is 6.24. The van der Waals surface area contributed by atoms with Crippen molar-refractivity contribution < 1.29 is 28.4 Å². The first-order chi connectivity index (χ1) is 35.4. The monoisotopic (exact) mass is 959 g/mol. The molecule has 6 nitrogen and oxygen atoms in total. The number of rotatable bonds is 3. The topological polar surface area (TPSA) is 55.4 Å². The SMILES string of the molecule is CCC1(CC)CCC2(CC1)c1ccccc1-c1c2c2c(c3cc(OC)ccc13)OC1(C=C2)c2ccc(cc2)Oc2ccc(cc2)OCCCCCCCCCCCCOc2ccc(cc2)Oc2ccc1cc2. The standard InChI is InChI=1S/C66H70O6/c1-4-64(5-2)40-42-65(43-41-64)60-19-15-14-18-57(60)61-56-37-36-55(67-3)46-59(56)63-58(62(61)65)38-39-66(72-63)47-20-24-51(25-21-47)70-53-32-28-49(29-33-53)68-44-16-12-10-8-6-7-9-11-13-17-45-69-50-30-34-54(35-31-50)71-52-26-22-48(66)23-27-52/h14-15,18-39,46H,4-13,16-17,40-45H2,1-3H3. The lowest BCUT2D eigenvalue weighted by atomic mass is 9.58. The van der Waals surface area contributed by atoms with Gasteiger partial charge in [0.15, 0.2) is 5.60 Å². The van der Waals surface area contributed by atoms with Crippen molar-refractivity contribution in [3.05, 3.63) is 173 Å². The number of ether oxygens (including phenoxy) is 6. The molecule has 1 saturated carbocycles. The Morgan fingerprint density at radius 3 is 1.50 bits per heavy atom. The predicted molar refractivity (Wildman–Crippen MR) is 292 cm³/mol. The van der Waals surface area contributed by atoms with E-state index in [1.165, 1.54) is 110 Å². The molecule has 0 unspecified atom stereocenters. The fourth-order valence-corrected chi connectivity index (χ4v) is 12.5. The lowest BCUT2D eigenvalue weighted by molar-refractivity contribution is 0.132. The van der Waals surface area contributed by atoms with Gasteiger partial charge in [0, 0.05) is 27.5 Å². The third-order valence-corrected chi connectivity index (χ3v) is 16.9. The van der Waals surface area contributed by atoms with E-state index < -0.39 is 5.60 Å². The Morgan fingerprint density at radius 1 is 0.500 bits per heavy atom. The van der Waals surface area contributed by atoms with Gasteiger partial charge in [-0.3, -0.25) is 0 Å². The Labute approximate surface area is 427 Å². The van der Waals surface area contributed by atoms with Gasteiger partial charge in [0.25, 0.3) is 0 Å². The van der Waals surface area contributed by atoms with Crippen LogP contribution in [-0.2, 0) is 11.0 Å². The minimum Gasteiger partial charge on any atom is -0.497 e. The van der Waals surface area contributed by atoms with Gasteiger partial charge in [-0.15, -0.1) is 0 Å². The summed E-state index contributed by atoms with van der Waals surface area (Å²) >= 11 is 0. The van der Waals surface area contributed by atoms with E-state index in [1.54, 1.807) is 7.11 Å². The first kappa shape index (κ1) is 47.7. The molecule has 0 amide bonds. The molecule has 16 rings (SSSR count). The number of methoxy groups -OCH3 is 1. The maximum Gasteiger partial charge on any atom is 0.178 e. The average molecular weight is 959 g/mol. The van der Waals surface area contributed by atoms with Crippen LogP contribution in [0.2, 0.25) is 0 Å². The summed E-state index contributed by atoms with van der Waals surface area (Å²) in [6, 6.07) is 48.5. The maximum absolute atomic E-state index is 7.85. The minimum absolute atomic E-state index is 0.121. The highest BCUT2D eigenvalue weighted by Gasteiger charge is 2.51. The maximum atomic E-state index is 7.85. The van der Waals surface area contributed by atoms with Crippen molar-refractivity contribution in [3.63, 3.8) is 0 Å². The molecular formula is C66H70O6. The molecule has 0 radical (unpaired) electrons. The molecular weight excluding hydrogens is 889 g/mol. The van der Waals surface area contributed by atoms with E-state index in [1.807, 2.05) is 48.5 Å². The molecule has 7 heterocycles. The van der Waals surface area contributed by atoms with E-state index in [-0.39, 0.29) is 5.41 Å².